The first-order chi connectivity index (χ1) is 9.56. The molecule has 2 N–H and O–H groups in total. The Hall–Kier alpha value is -2.78. The standard InChI is InChI=1S/C10H13N7O3/c1-7(10-11-5-13-15-10)14-9(18)2-3-16-4-8(12-6-16)17(19)20/h4-7H,2-3H2,1H3,(H,14,18)(H,11,13,15). The number of H-pyrrole nitrogens is 1. The van der Waals surface area contributed by atoms with Crippen LogP contribution in [0.4, 0.5) is 5.82 Å². The number of hydrogen-bond acceptors (Lipinski definition) is 6. The average molecular weight is 279 g/mol. The minimum absolute atomic E-state index is 0.186. The topological polar surface area (TPSA) is 132 Å². The van der Waals surface area contributed by atoms with Crippen LogP contribution in [0, 0.1) is 10.1 Å². The van der Waals surface area contributed by atoms with Crippen LogP contribution in [0.15, 0.2) is 18.9 Å². The highest BCUT2D eigenvalue weighted by molar-refractivity contribution is 5.76. The Labute approximate surface area is 113 Å². The Morgan fingerprint density at radius 2 is 2.40 bits per heavy atom. The van der Waals surface area contributed by atoms with Gasteiger partial charge in [0.2, 0.25) is 12.2 Å². The Morgan fingerprint density at radius 1 is 1.60 bits per heavy atom. The van der Waals surface area contributed by atoms with Gasteiger partial charge in [0.15, 0.2) is 0 Å². The molecule has 2 aromatic heterocycles. The first-order valence-corrected chi connectivity index (χ1v) is 5.87. The van der Waals surface area contributed by atoms with E-state index in [2.05, 4.69) is 25.5 Å². The van der Waals surface area contributed by atoms with Crippen molar-refractivity contribution in [2.45, 2.75) is 25.9 Å². The van der Waals surface area contributed by atoms with E-state index < -0.39 is 4.92 Å². The number of aromatic nitrogens is 5. The molecule has 20 heavy (non-hydrogen) atoms. The van der Waals surface area contributed by atoms with Crippen molar-refractivity contribution in [2.75, 3.05) is 0 Å². The zero-order chi connectivity index (χ0) is 14.5. The largest absolute Gasteiger partial charge is 0.381 e. The molecule has 0 bridgehead atoms. The second-order valence-corrected chi connectivity index (χ2v) is 4.14. The lowest BCUT2D eigenvalue weighted by atomic mass is 10.3. The van der Waals surface area contributed by atoms with Crippen molar-refractivity contribution in [3.63, 3.8) is 0 Å². The fraction of sp³-hybridized carbons (Fsp3) is 0.400. The molecule has 2 aromatic rings. The van der Waals surface area contributed by atoms with E-state index in [1.54, 1.807) is 6.92 Å². The van der Waals surface area contributed by atoms with Crippen molar-refractivity contribution < 1.29 is 9.72 Å². The van der Waals surface area contributed by atoms with Crippen LogP contribution in [0.25, 0.3) is 0 Å². The predicted octanol–water partition coefficient (Wildman–Crippen LogP) is 0.177. The molecule has 0 radical (unpaired) electrons. The highest BCUT2D eigenvalue weighted by Crippen LogP contribution is 2.07. The fourth-order valence-electron chi connectivity index (χ4n) is 1.60. The second kappa shape index (κ2) is 5.91. The summed E-state index contributed by atoms with van der Waals surface area (Å²) in [5, 5.41) is 19.6. The first-order valence-electron chi connectivity index (χ1n) is 5.87. The maximum Gasteiger partial charge on any atom is 0.381 e. The molecule has 2 rings (SSSR count). The summed E-state index contributed by atoms with van der Waals surface area (Å²) in [5.41, 5.74) is 0. The average Bonchev–Trinajstić information content (AvgIpc) is 3.07. The summed E-state index contributed by atoms with van der Waals surface area (Å²) >= 11 is 0. The van der Waals surface area contributed by atoms with Crippen LogP contribution in [0.2, 0.25) is 0 Å². The van der Waals surface area contributed by atoms with Crippen molar-refractivity contribution >= 4 is 11.7 Å². The lowest BCUT2D eigenvalue weighted by molar-refractivity contribution is -0.389. The van der Waals surface area contributed by atoms with Gasteiger partial charge in [-0.25, -0.2) is 4.98 Å². The minimum Gasteiger partial charge on any atom is -0.358 e. The number of carbonyl (C=O) groups is 1. The van der Waals surface area contributed by atoms with Crippen molar-refractivity contribution in [1.82, 2.24) is 30.0 Å². The monoisotopic (exact) mass is 279 g/mol. The lowest BCUT2D eigenvalue weighted by Gasteiger charge is -2.10. The molecule has 0 saturated heterocycles. The number of imidazole rings is 1. The van der Waals surface area contributed by atoms with Crippen LogP contribution in [0.5, 0.6) is 0 Å². The Morgan fingerprint density at radius 3 is 3.00 bits per heavy atom. The van der Waals surface area contributed by atoms with Gasteiger partial charge < -0.3 is 20.0 Å². The molecule has 0 aliphatic rings. The summed E-state index contributed by atoms with van der Waals surface area (Å²) in [7, 11) is 0. The van der Waals surface area contributed by atoms with Crippen molar-refractivity contribution in [1.29, 1.82) is 0 Å². The van der Waals surface area contributed by atoms with Gasteiger partial charge in [-0.15, -0.1) is 0 Å². The SMILES string of the molecule is CC(NC(=O)CCn1cnc([N+](=O)[O-])c1)c1ncn[nH]1. The molecule has 0 spiro atoms. The maximum atomic E-state index is 11.7. The highest BCUT2D eigenvalue weighted by Gasteiger charge is 2.13. The molecule has 10 nitrogen and oxygen atoms in total. The van der Waals surface area contributed by atoms with E-state index >= 15 is 0 Å². The Bertz CT molecular complexity index is 592. The summed E-state index contributed by atoms with van der Waals surface area (Å²) in [6.07, 6.45) is 4.16. The molecule has 0 aromatic carbocycles. The number of hydrogen-bond donors (Lipinski definition) is 2. The number of nitrogens with one attached hydrogen (secondary N) is 2. The molecule has 2 heterocycles. The van der Waals surface area contributed by atoms with Gasteiger partial charge in [-0.1, -0.05) is 0 Å². The molecule has 1 amide bonds. The van der Waals surface area contributed by atoms with E-state index in [0.717, 1.165) is 0 Å². The molecule has 1 atom stereocenters. The van der Waals surface area contributed by atoms with E-state index in [0.29, 0.717) is 12.4 Å². The van der Waals surface area contributed by atoms with Gasteiger partial charge in [0, 0.05) is 13.0 Å². The molecule has 0 aliphatic heterocycles. The van der Waals surface area contributed by atoms with Gasteiger partial charge in [-0.05, 0) is 16.8 Å². The maximum absolute atomic E-state index is 11.7. The summed E-state index contributed by atoms with van der Waals surface area (Å²) in [6.45, 7) is 2.09. The van der Waals surface area contributed by atoms with Crippen LogP contribution in [0.3, 0.4) is 0 Å². The normalized spacial score (nSPS) is 12.1. The van der Waals surface area contributed by atoms with Crippen molar-refractivity contribution in [3.8, 4) is 0 Å². The second-order valence-electron chi connectivity index (χ2n) is 4.14. The fourth-order valence-corrected chi connectivity index (χ4v) is 1.60. The first kappa shape index (κ1) is 13.6. The number of nitrogens with zero attached hydrogens (tertiary/aromatic N) is 5. The smallest absolute Gasteiger partial charge is 0.358 e. The van der Waals surface area contributed by atoms with E-state index in [1.807, 2.05) is 0 Å². The molecule has 0 saturated carbocycles. The van der Waals surface area contributed by atoms with E-state index in [1.165, 1.54) is 23.4 Å². The van der Waals surface area contributed by atoms with Crippen LogP contribution in [0.1, 0.15) is 25.2 Å². The van der Waals surface area contributed by atoms with Crippen LogP contribution >= 0.6 is 0 Å². The Balaban J connectivity index is 1.81. The molecule has 106 valence electrons. The van der Waals surface area contributed by atoms with Crippen LogP contribution in [-0.2, 0) is 11.3 Å². The van der Waals surface area contributed by atoms with Gasteiger partial charge in [0.05, 0.1) is 6.04 Å². The van der Waals surface area contributed by atoms with Gasteiger partial charge >= 0.3 is 5.82 Å². The molecular weight excluding hydrogens is 266 g/mol. The summed E-state index contributed by atoms with van der Waals surface area (Å²) < 4.78 is 1.50. The summed E-state index contributed by atoms with van der Waals surface area (Å²) in [6, 6.07) is -0.276. The van der Waals surface area contributed by atoms with Gasteiger partial charge in [-0.2, -0.15) is 5.10 Å². The van der Waals surface area contributed by atoms with Gasteiger partial charge in [-0.3, -0.25) is 9.89 Å². The third-order valence-corrected chi connectivity index (χ3v) is 2.63. The lowest BCUT2D eigenvalue weighted by Crippen LogP contribution is -2.28. The van der Waals surface area contributed by atoms with E-state index in [-0.39, 0.29) is 24.2 Å². The number of carbonyl (C=O) groups excluding carboxylic acids is 1. The van der Waals surface area contributed by atoms with E-state index in [4.69, 9.17) is 0 Å². The van der Waals surface area contributed by atoms with Crippen LogP contribution < -0.4 is 5.32 Å². The minimum atomic E-state index is -0.581. The molecule has 1 unspecified atom stereocenters. The quantitative estimate of drug-likeness (QED) is 0.572. The summed E-state index contributed by atoms with van der Waals surface area (Å²) in [5.74, 6) is 0.141. The van der Waals surface area contributed by atoms with Gasteiger partial charge in [0.25, 0.3) is 0 Å². The highest BCUT2D eigenvalue weighted by atomic mass is 16.6. The summed E-state index contributed by atoms with van der Waals surface area (Å²) in [4.78, 5) is 29.1. The zero-order valence-corrected chi connectivity index (χ0v) is 10.7. The van der Waals surface area contributed by atoms with Gasteiger partial charge in [0.1, 0.15) is 18.3 Å². The van der Waals surface area contributed by atoms with Crippen molar-refractivity contribution in [3.05, 3.63) is 34.8 Å². The molecular formula is C10H13N7O3. The third-order valence-electron chi connectivity index (χ3n) is 2.63. The number of aryl methyl sites for hydroxylation is 1. The molecule has 0 aliphatic carbocycles. The molecule has 0 fully saturated rings. The number of rotatable bonds is 6. The zero-order valence-electron chi connectivity index (χ0n) is 10.7. The number of nitro groups is 1. The number of amides is 1. The predicted molar refractivity (Wildman–Crippen MR) is 66.4 cm³/mol. The van der Waals surface area contributed by atoms with E-state index in [9.17, 15) is 14.9 Å². The molecule has 10 heteroatoms. The van der Waals surface area contributed by atoms with Crippen molar-refractivity contribution in [2.24, 2.45) is 0 Å². The third kappa shape index (κ3) is 3.37. The van der Waals surface area contributed by atoms with Crippen LogP contribution in [-0.4, -0.2) is 35.6 Å². The Kier molecular flexibility index (Phi) is 4.03. The number of aromatic amines is 1.